The van der Waals surface area contributed by atoms with Crippen LogP contribution in [0.1, 0.15) is 21.5 Å². The summed E-state index contributed by atoms with van der Waals surface area (Å²) >= 11 is 0. The fourth-order valence-corrected chi connectivity index (χ4v) is 4.13. The molecule has 31 heavy (non-hydrogen) atoms. The molecule has 158 valence electrons. The summed E-state index contributed by atoms with van der Waals surface area (Å²) < 4.78 is 7.03. The van der Waals surface area contributed by atoms with E-state index >= 15 is 0 Å². The van der Waals surface area contributed by atoms with E-state index in [0.717, 1.165) is 16.8 Å². The number of carbonyl (C=O) groups is 2. The highest BCUT2D eigenvalue weighted by atomic mass is 16.7. The molecule has 9 heteroatoms. The second kappa shape index (κ2) is 7.44. The van der Waals surface area contributed by atoms with Gasteiger partial charge in [0.15, 0.2) is 0 Å². The van der Waals surface area contributed by atoms with Crippen LogP contribution in [0, 0.1) is 0 Å². The molecule has 1 aromatic heterocycles. The first-order valence-electron chi connectivity index (χ1n) is 9.85. The molecule has 3 amide bonds. The number of carbonyl (C=O) groups excluding carboxylic acids is 2. The Morgan fingerprint density at radius 3 is 2.74 bits per heavy atom. The predicted molar refractivity (Wildman–Crippen MR) is 111 cm³/mol. The van der Waals surface area contributed by atoms with Gasteiger partial charge in [-0.05, 0) is 47.5 Å². The van der Waals surface area contributed by atoms with E-state index in [0.29, 0.717) is 17.9 Å². The number of hydroxylamine groups is 1. The quantitative estimate of drug-likeness (QED) is 0.659. The van der Waals surface area contributed by atoms with E-state index in [1.165, 1.54) is 0 Å². The minimum Gasteiger partial charge on any atom is -0.497 e. The van der Waals surface area contributed by atoms with Crippen LogP contribution in [0.25, 0.3) is 5.69 Å². The number of ether oxygens (including phenoxy) is 1. The summed E-state index contributed by atoms with van der Waals surface area (Å²) in [5, 5.41) is 7.22. The van der Waals surface area contributed by atoms with Crippen molar-refractivity contribution in [3.63, 3.8) is 0 Å². The average Bonchev–Trinajstić information content (AvgIpc) is 3.42. The first kappa shape index (κ1) is 19.1. The van der Waals surface area contributed by atoms with Gasteiger partial charge in [-0.1, -0.05) is 12.1 Å². The highest BCUT2D eigenvalue weighted by Gasteiger charge is 2.42. The molecule has 1 saturated heterocycles. The van der Waals surface area contributed by atoms with E-state index in [-0.39, 0.29) is 19.1 Å². The van der Waals surface area contributed by atoms with E-state index in [1.807, 2.05) is 42.6 Å². The van der Waals surface area contributed by atoms with E-state index < -0.39 is 11.6 Å². The maximum Gasteiger partial charge on any atom is 0.339 e. The number of benzene rings is 2. The lowest BCUT2D eigenvalue weighted by atomic mass is 9.89. The van der Waals surface area contributed by atoms with Crippen LogP contribution in [-0.2, 0) is 16.9 Å². The van der Waals surface area contributed by atoms with Crippen LogP contribution in [0.2, 0.25) is 0 Å². The maximum absolute atomic E-state index is 13.0. The monoisotopic (exact) mass is 419 g/mol. The van der Waals surface area contributed by atoms with Gasteiger partial charge in [0, 0.05) is 24.5 Å². The SMILES string of the molecule is COc1ccc2c(c1)CN(CC1(c3ccc(-n4cccn4)cc3)CONC(=O)N1)C2=O. The van der Waals surface area contributed by atoms with Gasteiger partial charge in [-0.2, -0.15) is 5.10 Å². The highest BCUT2D eigenvalue weighted by Crippen LogP contribution is 2.32. The second-order valence-corrected chi connectivity index (χ2v) is 7.61. The van der Waals surface area contributed by atoms with Crippen LogP contribution >= 0.6 is 0 Å². The molecule has 2 N–H and O–H groups in total. The van der Waals surface area contributed by atoms with Gasteiger partial charge >= 0.3 is 6.03 Å². The van der Waals surface area contributed by atoms with Crippen LogP contribution in [0.5, 0.6) is 5.75 Å². The van der Waals surface area contributed by atoms with E-state index in [1.54, 1.807) is 35.0 Å². The number of methoxy groups -OCH3 is 1. The summed E-state index contributed by atoms with van der Waals surface area (Å²) in [4.78, 5) is 32.3. The normalized spacial score (nSPS) is 20.2. The number of hydrogen-bond donors (Lipinski definition) is 2. The molecular formula is C22H21N5O4. The molecule has 2 aliphatic rings. The van der Waals surface area contributed by atoms with Crippen LogP contribution in [0.15, 0.2) is 60.9 Å². The number of rotatable bonds is 5. The maximum atomic E-state index is 13.0. The van der Waals surface area contributed by atoms with Crippen LogP contribution in [-0.4, -0.2) is 46.9 Å². The fraction of sp³-hybridized carbons (Fsp3) is 0.227. The predicted octanol–water partition coefficient (Wildman–Crippen LogP) is 1.98. The first-order chi connectivity index (χ1) is 15.1. The summed E-state index contributed by atoms with van der Waals surface area (Å²) in [6.45, 7) is 0.864. The molecule has 3 aromatic rings. The van der Waals surface area contributed by atoms with E-state index in [2.05, 4.69) is 15.9 Å². The Morgan fingerprint density at radius 2 is 2.03 bits per heavy atom. The Balaban J connectivity index is 1.45. The third-order valence-corrected chi connectivity index (χ3v) is 5.68. The Morgan fingerprint density at radius 1 is 1.19 bits per heavy atom. The van der Waals surface area contributed by atoms with Gasteiger partial charge in [-0.25, -0.2) is 15.0 Å². The number of hydrogen-bond acceptors (Lipinski definition) is 5. The topological polar surface area (TPSA) is 97.7 Å². The van der Waals surface area contributed by atoms with Gasteiger partial charge in [0.05, 0.1) is 19.3 Å². The van der Waals surface area contributed by atoms with Gasteiger partial charge in [-0.3, -0.25) is 9.63 Å². The minimum atomic E-state index is -0.896. The summed E-state index contributed by atoms with van der Waals surface area (Å²) in [7, 11) is 1.60. The Labute approximate surface area is 178 Å². The van der Waals surface area contributed by atoms with Crippen LogP contribution < -0.4 is 15.5 Å². The van der Waals surface area contributed by atoms with Crippen molar-refractivity contribution >= 4 is 11.9 Å². The molecule has 2 aliphatic heterocycles. The van der Waals surface area contributed by atoms with E-state index in [9.17, 15) is 9.59 Å². The van der Waals surface area contributed by atoms with Crippen LogP contribution in [0.4, 0.5) is 4.79 Å². The van der Waals surface area contributed by atoms with Crippen LogP contribution in [0.3, 0.4) is 0 Å². The largest absolute Gasteiger partial charge is 0.497 e. The van der Waals surface area contributed by atoms with Gasteiger partial charge in [-0.15, -0.1) is 0 Å². The number of nitrogens with zero attached hydrogens (tertiary/aromatic N) is 3. The van der Waals surface area contributed by atoms with Gasteiger partial charge in [0.25, 0.3) is 5.91 Å². The molecule has 0 saturated carbocycles. The van der Waals surface area contributed by atoms with Gasteiger partial charge in [0.1, 0.15) is 17.9 Å². The van der Waals surface area contributed by atoms with Crippen molar-refractivity contribution in [1.29, 1.82) is 0 Å². The average molecular weight is 419 g/mol. The number of nitrogens with one attached hydrogen (secondary N) is 2. The lowest BCUT2D eigenvalue weighted by Gasteiger charge is -2.40. The number of urea groups is 1. The van der Waals surface area contributed by atoms with Crippen molar-refractivity contribution in [3.05, 3.63) is 77.6 Å². The third-order valence-electron chi connectivity index (χ3n) is 5.68. The summed E-state index contributed by atoms with van der Waals surface area (Å²) in [5.41, 5.74) is 4.69. The van der Waals surface area contributed by atoms with Crippen molar-refractivity contribution in [2.24, 2.45) is 0 Å². The zero-order valence-electron chi connectivity index (χ0n) is 16.9. The van der Waals surface area contributed by atoms with Crippen molar-refractivity contribution in [3.8, 4) is 11.4 Å². The number of aromatic nitrogens is 2. The summed E-state index contributed by atoms with van der Waals surface area (Å²) in [6.07, 6.45) is 3.57. The molecule has 0 spiro atoms. The highest BCUT2D eigenvalue weighted by molar-refractivity contribution is 5.98. The molecule has 9 nitrogen and oxygen atoms in total. The molecule has 0 bridgehead atoms. The molecule has 0 radical (unpaired) electrons. The molecular weight excluding hydrogens is 398 g/mol. The molecule has 3 heterocycles. The lowest BCUT2D eigenvalue weighted by molar-refractivity contribution is -0.0221. The van der Waals surface area contributed by atoms with Crippen molar-refractivity contribution in [1.82, 2.24) is 25.5 Å². The Hall–Kier alpha value is -3.85. The molecule has 1 atom stereocenters. The molecule has 5 rings (SSSR count). The summed E-state index contributed by atoms with van der Waals surface area (Å²) in [6, 6.07) is 14.5. The zero-order valence-corrected chi connectivity index (χ0v) is 16.9. The Kier molecular flexibility index (Phi) is 4.59. The molecule has 1 fully saturated rings. The van der Waals surface area contributed by atoms with Gasteiger partial charge < -0.3 is 15.0 Å². The van der Waals surface area contributed by atoms with Crippen molar-refractivity contribution in [2.75, 3.05) is 20.3 Å². The van der Waals surface area contributed by atoms with Gasteiger partial charge in [0.2, 0.25) is 0 Å². The number of fused-ring (bicyclic) bond motifs is 1. The lowest BCUT2D eigenvalue weighted by Crippen LogP contribution is -2.62. The smallest absolute Gasteiger partial charge is 0.339 e. The third kappa shape index (κ3) is 3.38. The minimum absolute atomic E-state index is 0.0852. The standard InChI is InChI=1S/C22H21N5O4/c1-30-18-7-8-19-15(11-18)12-26(20(19)28)13-22(14-31-25-21(29)24-22)16-3-5-17(6-4-16)27-10-2-9-23-27/h2-11H,12-14H2,1H3,(H2,24,25,29). The number of amides is 3. The first-order valence-corrected chi connectivity index (χ1v) is 9.85. The second-order valence-electron chi connectivity index (χ2n) is 7.61. The molecule has 2 aromatic carbocycles. The summed E-state index contributed by atoms with van der Waals surface area (Å²) in [5.74, 6) is 0.619. The van der Waals surface area contributed by atoms with E-state index in [4.69, 9.17) is 9.57 Å². The molecule has 0 aliphatic carbocycles. The van der Waals surface area contributed by atoms with Crippen molar-refractivity contribution < 1.29 is 19.2 Å². The molecule has 1 unspecified atom stereocenters. The fourth-order valence-electron chi connectivity index (χ4n) is 4.13. The van der Waals surface area contributed by atoms with Crippen molar-refractivity contribution in [2.45, 2.75) is 12.1 Å². The zero-order chi connectivity index (χ0) is 21.4. The Bertz CT molecular complexity index is 1130.